The average molecular weight is 287 g/mol. The minimum Gasteiger partial charge on any atom is -0.309 e. The Balaban J connectivity index is 2.86. The van der Waals surface area contributed by atoms with E-state index < -0.39 is 11.6 Å². The van der Waals surface area contributed by atoms with Crippen molar-refractivity contribution in [1.82, 2.24) is 5.32 Å². The fourth-order valence-corrected chi connectivity index (χ4v) is 2.84. The minimum absolute atomic E-state index is 0.119. The molecule has 0 fully saturated rings. The molecular weight excluding hydrogens is 264 g/mol. The van der Waals surface area contributed by atoms with E-state index in [0.717, 1.165) is 30.9 Å². The van der Waals surface area contributed by atoms with Crippen molar-refractivity contribution in [1.29, 1.82) is 0 Å². The summed E-state index contributed by atoms with van der Waals surface area (Å²) >= 11 is 1.77. The highest BCUT2D eigenvalue weighted by Gasteiger charge is 2.19. The first-order valence-electron chi connectivity index (χ1n) is 6.87. The second-order valence-corrected chi connectivity index (χ2v) is 5.83. The van der Waals surface area contributed by atoms with Crippen molar-refractivity contribution < 1.29 is 8.78 Å². The first-order valence-corrected chi connectivity index (χ1v) is 8.02. The van der Waals surface area contributed by atoms with Gasteiger partial charge in [0.15, 0.2) is 11.6 Å². The fraction of sp³-hybridized carbons (Fsp3) is 0.600. The van der Waals surface area contributed by atoms with Gasteiger partial charge in [-0.1, -0.05) is 26.0 Å². The Morgan fingerprint density at radius 3 is 2.53 bits per heavy atom. The summed E-state index contributed by atoms with van der Waals surface area (Å²) < 4.78 is 27.7. The molecule has 1 rings (SSSR count). The van der Waals surface area contributed by atoms with Gasteiger partial charge in [0, 0.05) is 17.4 Å². The van der Waals surface area contributed by atoms with Crippen molar-refractivity contribution in [2.24, 2.45) is 0 Å². The Bertz CT molecular complexity index is 396. The SMILES string of the molecule is CCCNC(CSCCC)c1ccc(C)c(F)c1F. The average Bonchev–Trinajstić information content (AvgIpc) is 2.41. The van der Waals surface area contributed by atoms with Crippen LogP contribution in [0.2, 0.25) is 0 Å². The van der Waals surface area contributed by atoms with Crippen molar-refractivity contribution in [2.75, 3.05) is 18.1 Å². The highest BCUT2D eigenvalue weighted by Crippen LogP contribution is 2.25. The molecule has 0 bridgehead atoms. The first-order chi connectivity index (χ1) is 9.11. The molecule has 0 aliphatic rings. The maximum Gasteiger partial charge on any atom is 0.163 e. The van der Waals surface area contributed by atoms with Crippen LogP contribution in [0.5, 0.6) is 0 Å². The van der Waals surface area contributed by atoms with Gasteiger partial charge in [-0.15, -0.1) is 0 Å². The Morgan fingerprint density at radius 1 is 1.16 bits per heavy atom. The Labute approximate surface area is 119 Å². The lowest BCUT2D eigenvalue weighted by Crippen LogP contribution is -2.25. The highest BCUT2D eigenvalue weighted by molar-refractivity contribution is 7.99. The van der Waals surface area contributed by atoms with E-state index in [9.17, 15) is 8.78 Å². The second kappa shape index (κ2) is 8.54. The lowest BCUT2D eigenvalue weighted by Gasteiger charge is -2.20. The predicted molar refractivity (Wildman–Crippen MR) is 79.7 cm³/mol. The third-order valence-corrected chi connectivity index (χ3v) is 4.22. The molecule has 0 aliphatic carbocycles. The van der Waals surface area contributed by atoms with Crippen LogP contribution in [-0.4, -0.2) is 18.1 Å². The van der Waals surface area contributed by atoms with Gasteiger partial charge in [0.1, 0.15) is 0 Å². The van der Waals surface area contributed by atoms with E-state index in [1.165, 1.54) is 0 Å². The van der Waals surface area contributed by atoms with Crippen LogP contribution in [0.1, 0.15) is 43.9 Å². The van der Waals surface area contributed by atoms with Crippen LogP contribution < -0.4 is 5.32 Å². The molecule has 1 aromatic rings. The van der Waals surface area contributed by atoms with E-state index >= 15 is 0 Å². The summed E-state index contributed by atoms with van der Waals surface area (Å²) in [6.07, 6.45) is 2.07. The largest absolute Gasteiger partial charge is 0.309 e. The number of hydrogen-bond donors (Lipinski definition) is 1. The van der Waals surface area contributed by atoms with Crippen LogP contribution in [0.15, 0.2) is 12.1 Å². The Morgan fingerprint density at radius 2 is 1.89 bits per heavy atom. The van der Waals surface area contributed by atoms with Gasteiger partial charge >= 0.3 is 0 Å². The maximum atomic E-state index is 14.0. The quantitative estimate of drug-likeness (QED) is 0.709. The number of aryl methyl sites for hydroxylation is 1. The molecule has 0 amide bonds. The monoisotopic (exact) mass is 287 g/mol. The van der Waals surface area contributed by atoms with Crippen molar-refractivity contribution in [3.05, 3.63) is 34.9 Å². The zero-order valence-corrected chi connectivity index (χ0v) is 12.7. The van der Waals surface area contributed by atoms with Gasteiger partial charge in [0.05, 0.1) is 0 Å². The van der Waals surface area contributed by atoms with Crippen molar-refractivity contribution in [3.8, 4) is 0 Å². The standard InChI is InChI=1S/C15H23F2NS/c1-4-8-18-13(10-19-9-5-2)12-7-6-11(3)14(16)15(12)17/h6-7,13,18H,4-5,8-10H2,1-3H3. The highest BCUT2D eigenvalue weighted by atomic mass is 32.2. The molecule has 1 nitrogen and oxygen atoms in total. The van der Waals surface area contributed by atoms with Crippen molar-refractivity contribution >= 4 is 11.8 Å². The molecule has 1 aromatic carbocycles. The topological polar surface area (TPSA) is 12.0 Å². The van der Waals surface area contributed by atoms with Crippen LogP contribution in [0.4, 0.5) is 8.78 Å². The van der Waals surface area contributed by atoms with E-state index in [1.807, 2.05) is 0 Å². The van der Waals surface area contributed by atoms with Gasteiger partial charge < -0.3 is 5.32 Å². The van der Waals surface area contributed by atoms with E-state index in [0.29, 0.717) is 11.1 Å². The number of nitrogens with one attached hydrogen (secondary N) is 1. The normalized spacial score (nSPS) is 12.7. The van der Waals surface area contributed by atoms with Gasteiger partial charge in [-0.05, 0) is 37.6 Å². The van der Waals surface area contributed by atoms with E-state index in [2.05, 4.69) is 19.2 Å². The first kappa shape index (κ1) is 16.4. The van der Waals surface area contributed by atoms with Gasteiger partial charge in [0.25, 0.3) is 0 Å². The maximum absolute atomic E-state index is 14.0. The van der Waals surface area contributed by atoms with Crippen LogP contribution in [0.3, 0.4) is 0 Å². The van der Waals surface area contributed by atoms with Crippen molar-refractivity contribution in [2.45, 2.75) is 39.7 Å². The van der Waals surface area contributed by atoms with Gasteiger partial charge in [-0.3, -0.25) is 0 Å². The summed E-state index contributed by atoms with van der Waals surface area (Å²) in [6.45, 7) is 6.58. The summed E-state index contributed by atoms with van der Waals surface area (Å²) in [5.41, 5.74) is 0.803. The molecule has 0 spiro atoms. The van der Waals surface area contributed by atoms with E-state index in [-0.39, 0.29) is 6.04 Å². The molecule has 0 saturated carbocycles. The molecular formula is C15H23F2NS. The third kappa shape index (κ3) is 4.77. The molecule has 1 atom stereocenters. The zero-order chi connectivity index (χ0) is 14.3. The summed E-state index contributed by atoms with van der Waals surface area (Å²) in [6, 6.07) is 3.23. The van der Waals surface area contributed by atoms with Crippen LogP contribution in [-0.2, 0) is 0 Å². The molecule has 1 N–H and O–H groups in total. The molecule has 0 heterocycles. The molecule has 1 unspecified atom stereocenters. The summed E-state index contributed by atoms with van der Waals surface area (Å²) in [4.78, 5) is 0. The Kier molecular flexibility index (Phi) is 7.39. The second-order valence-electron chi connectivity index (χ2n) is 4.68. The summed E-state index contributed by atoms with van der Waals surface area (Å²) in [5, 5.41) is 3.30. The lowest BCUT2D eigenvalue weighted by atomic mass is 10.0. The molecule has 19 heavy (non-hydrogen) atoms. The molecule has 108 valence electrons. The molecule has 0 saturated heterocycles. The van der Waals surface area contributed by atoms with E-state index in [1.54, 1.807) is 30.8 Å². The summed E-state index contributed by atoms with van der Waals surface area (Å²) in [5.74, 6) is 0.389. The molecule has 0 aliphatic heterocycles. The van der Waals surface area contributed by atoms with Gasteiger partial charge in [-0.25, -0.2) is 8.78 Å². The van der Waals surface area contributed by atoms with Crippen LogP contribution in [0.25, 0.3) is 0 Å². The lowest BCUT2D eigenvalue weighted by molar-refractivity contribution is 0.471. The van der Waals surface area contributed by atoms with Crippen LogP contribution in [0, 0.1) is 18.6 Å². The zero-order valence-electron chi connectivity index (χ0n) is 11.9. The Hall–Kier alpha value is -0.610. The predicted octanol–water partition coefficient (Wildman–Crippen LogP) is 4.46. The molecule has 0 aromatic heterocycles. The minimum atomic E-state index is -0.721. The van der Waals surface area contributed by atoms with E-state index in [4.69, 9.17) is 0 Å². The number of benzene rings is 1. The third-order valence-electron chi connectivity index (χ3n) is 2.95. The van der Waals surface area contributed by atoms with Crippen molar-refractivity contribution in [3.63, 3.8) is 0 Å². The summed E-state index contributed by atoms with van der Waals surface area (Å²) in [7, 11) is 0. The number of halogens is 2. The van der Waals surface area contributed by atoms with Gasteiger partial charge in [0.2, 0.25) is 0 Å². The molecule has 4 heteroatoms. The smallest absolute Gasteiger partial charge is 0.163 e. The number of thioether (sulfide) groups is 1. The number of hydrogen-bond acceptors (Lipinski definition) is 2. The van der Waals surface area contributed by atoms with Gasteiger partial charge in [-0.2, -0.15) is 11.8 Å². The molecule has 0 radical (unpaired) electrons. The fourth-order valence-electron chi connectivity index (χ4n) is 1.85. The van der Waals surface area contributed by atoms with Crippen LogP contribution >= 0.6 is 11.8 Å². The number of rotatable bonds is 8.